The molecule has 25 heavy (non-hydrogen) atoms. The fraction of sp³-hybridized carbons (Fsp3) is 0.333. The SMILES string of the molecule is COc1cc(CNS(=O)(=O)Cc2ccc(Cl)cc2)ccc1OC(C)C. The number of benzene rings is 2. The van der Waals surface area contributed by atoms with Crippen LogP contribution in [-0.4, -0.2) is 21.6 Å². The van der Waals surface area contributed by atoms with Gasteiger partial charge in [0.25, 0.3) is 0 Å². The van der Waals surface area contributed by atoms with Crippen LogP contribution in [0.15, 0.2) is 42.5 Å². The number of sulfonamides is 1. The minimum Gasteiger partial charge on any atom is -0.493 e. The lowest BCUT2D eigenvalue weighted by molar-refractivity contribution is 0.230. The van der Waals surface area contributed by atoms with Gasteiger partial charge in [0, 0.05) is 11.6 Å². The summed E-state index contributed by atoms with van der Waals surface area (Å²) in [6.07, 6.45) is 0.0256. The third kappa shape index (κ3) is 6.23. The Bertz CT molecular complexity index is 804. The van der Waals surface area contributed by atoms with Crippen LogP contribution in [0.1, 0.15) is 25.0 Å². The van der Waals surface area contributed by atoms with Crippen molar-refractivity contribution in [1.29, 1.82) is 0 Å². The number of methoxy groups -OCH3 is 1. The minimum absolute atomic E-state index is 0.0256. The van der Waals surface area contributed by atoms with Gasteiger partial charge in [-0.3, -0.25) is 0 Å². The lowest BCUT2D eigenvalue weighted by atomic mass is 10.2. The second-order valence-electron chi connectivity index (χ2n) is 5.86. The zero-order valence-electron chi connectivity index (χ0n) is 14.5. The highest BCUT2D eigenvalue weighted by atomic mass is 35.5. The number of ether oxygens (including phenoxy) is 2. The molecule has 0 heterocycles. The molecule has 1 N–H and O–H groups in total. The molecule has 136 valence electrons. The van der Waals surface area contributed by atoms with Gasteiger partial charge in [-0.05, 0) is 49.2 Å². The van der Waals surface area contributed by atoms with Crippen molar-refractivity contribution in [2.45, 2.75) is 32.2 Å². The highest BCUT2D eigenvalue weighted by Gasteiger charge is 2.13. The summed E-state index contributed by atoms with van der Waals surface area (Å²) >= 11 is 5.81. The molecule has 5 nitrogen and oxygen atoms in total. The summed E-state index contributed by atoms with van der Waals surface area (Å²) < 4.78 is 38.0. The molecule has 0 aromatic heterocycles. The number of rotatable bonds is 8. The quantitative estimate of drug-likeness (QED) is 0.753. The molecule has 0 saturated carbocycles. The van der Waals surface area contributed by atoms with E-state index in [-0.39, 0.29) is 18.4 Å². The third-order valence-corrected chi connectivity index (χ3v) is 4.91. The normalized spacial score (nSPS) is 11.6. The minimum atomic E-state index is -3.46. The Labute approximate surface area is 154 Å². The molecule has 0 fully saturated rings. The fourth-order valence-electron chi connectivity index (χ4n) is 2.22. The monoisotopic (exact) mass is 383 g/mol. The molecule has 2 aromatic rings. The maximum absolute atomic E-state index is 12.2. The highest BCUT2D eigenvalue weighted by Crippen LogP contribution is 2.29. The first kappa shape index (κ1) is 19.6. The summed E-state index contributed by atoms with van der Waals surface area (Å²) in [4.78, 5) is 0. The molecule has 2 aromatic carbocycles. The van der Waals surface area contributed by atoms with Crippen molar-refractivity contribution in [2.75, 3.05) is 7.11 Å². The summed E-state index contributed by atoms with van der Waals surface area (Å²) in [5, 5.41) is 0.574. The summed E-state index contributed by atoms with van der Waals surface area (Å²) in [7, 11) is -1.91. The maximum atomic E-state index is 12.2. The molecule has 0 aliphatic heterocycles. The van der Waals surface area contributed by atoms with Crippen molar-refractivity contribution in [2.24, 2.45) is 0 Å². The van der Waals surface area contributed by atoms with Crippen LogP contribution in [0.4, 0.5) is 0 Å². The average molecular weight is 384 g/mol. The van der Waals surface area contributed by atoms with Crippen molar-refractivity contribution < 1.29 is 17.9 Å². The van der Waals surface area contributed by atoms with Gasteiger partial charge in [0.05, 0.1) is 19.0 Å². The van der Waals surface area contributed by atoms with E-state index >= 15 is 0 Å². The molecule has 0 aliphatic carbocycles. The summed E-state index contributed by atoms with van der Waals surface area (Å²) in [5.74, 6) is 1.10. The zero-order chi connectivity index (χ0) is 18.4. The summed E-state index contributed by atoms with van der Waals surface area (Å²) in [5.41, 5.74) is 1.46. The maximum Gasteiger partial charge on any atom is 0.216 e. The Kier molecular flexibility index (Phi) is 6.70. The number of nitrogens with one attached hydrogen (secondary N) is 1. The molecular formula is C18H22ClNO4S. The van der Waals surface area contributed by atoms with Crippen LogP contribution in [0.2, 0.25) is 5.02 Å². The van der Waals surface area contributed by atoms with E-state index < -0.39 is 10.0 Å². The van der Waals surface area contributed by atoms with E-state index in [1.807, 2.05) is 19.9 Å². The Morgan fingerprint density at radius 1 is 1.04 bits per heavy atom. The van der Waals surface area contributed by atoms with E-state index in [2.05, 4.69) is 4.72 Å². The highest BCUT2D eigenvalue weighted by molar-refractivity contribution is 7.88. The van der Waals surface area contributed by atoms with Crippen LogP contribution in [0.3, 0.4) is 0 Å². The molecule has 0 amide bonds. The van der Waals surface area contributed by atoms with Gasteiger partial charge in [-0.25, -0.2) is 13.1 Å². The molecule has 0 atom stereocenters. The molecule has 2 rings (SSSR count). The number of halogens is 1. The standard InChI is InChI=1S/C18H22ClNO4S/c1-13(2)24-17-9-6-15(10-18(17)23-3)11-20-25(21,22)12-14-4-7-16(19)8-5-14/h4-10,13,20H,11-12H2,1-3H3. The third-order valence-electron chi connectivity index (χ3n) is 3.36. The first-order valence-corrected chi connectivity index (χ1v) is 9.87. The molecule has 7 heteroatoms. The molecule has 0 bridgehead atoms. The van der Waals surface area contributed by atoms with Crippen molar-refractivity contribution >= 4 is 21.6 Å². The summed E-state index contributed by atoms with van der Waals surface area (Å²) in [6, 6.07) is 12.1. The van der Waals surface area contributed by atoms with Gasteiger partial charge >= 0.3 is 0 Å². The van der Waals surface area contributed by atoms with E-state index in [1.54, 1.807) is 43.5 Å². The van der Waals surface area contributed by atoms with Crippen LogP contribution >= 0.6 is 11.6 Å². The van der Waals surface area contributed by atoms with Crippen molar-refractivity contribution in [3.05, 3.63) is 58.6 Å². The lowest BCUT2D eigenvalue weighted by Gasteiger charge is -2.15. The average Bonchev–Trinajstić information content (AvgIpc) is 2.55. The van der Waals surface area contributed by atoms with E-state index in [9.17, 15) is 8.42 Å². The smallest absolute Gasteiger partial charge is 0.216 e. The van der Waals surface area contributed by atoms with E-state index in [0.717, 1.165) is 5.56 Å². The molecule has 0 saturated heterocycles. The van der Waals surface area contributed by atoms with Crippen LogP contribution < -0.4 is 14.2 Å². The zero-order valence-corrected chi connectivity index (χ0v) is 16.0. The fourth-order valence-corrected chi connectivity index (χ4v) is 3.46. The van der Waals surface area contributed by atoms with Gasteiger partial charge < -0.3 is 9.47 Å². The molecule has 0 aliphatic rings. The molecule has 0 spiro atoms. The van der Waals surface area contributed by atoms with Crippen LogP contribution in [0, 0.1) is 0 Å². The Morgan fingerprint density at radius 2 is 1.68 bits per heavy atom. The predicted molar refractivity (Wildman–Crippen MR) is 99.7 cm³/mol. The van der Waals surface area contributed by atoms with Gasteiger partial charge in [0.2, 0.25) is 10.0 Å². The van der Waals surface area contributed by atoms with Crippen molar-refractivity contribution in [1.82, 2.24) is 4.72 Å². The number of hydrogen-bond acceptors (Lipinski definition) is 4. The van der Waals surface area contributed by atoms with Crippen LogP contribution in [0.25, 0.3) is 0 Å². The van der Waals surface area contributed by atoms with E-state index in [0.29, 0.717) is 22.1 Å². The van der Waals surface area contributed by atoms with Crippen LogP contribution in [0.5, 0.6) is 11.5 Å². The Hall–Kier alpha value is -1.76. The molecule has 0 unspecified atom stereocenters. The topological polar surface area (TPSA) is 64.6 Å². The molecular weight excluding hydrogens is 362 g/mol. The first-order valence-electron chi connectivity index (χ1n) is 7.84. The largest absolute Gasteiger partial charge is 0.493 e. The van der Waals surface area contributed by atoms with Crippen molar-refractivity contribution in [3.63, 3.8) is 0 Å². The molecule has 0 radical (unpaired) electrons. The van der Waals surface area contributed by atoms with Gasteiger partial charge in [-0.1, -0.05) is 29.8 Å². The van der Waals surface area contributed by atoms with Gasteiger partial charge in [-0.2, -0.15) is 0 Å². The second-order valence-corrected chi connectivity index (χ2v) is 8.10. The second kappa shape index (κ2) is 8.56. The first-order chi connectivity index (χ1) is 11.8. The van der Waals surface area contributed by atoms with Crippen LogP contribution in [-0.2, 0) is 22.3 Å². The Balaban J connectivity index is 2.03. The van der Waals surface area contributed by atoms with Gasteiger partial charge in [0.1, 0.15) is 0 Å². The Morgan fingerprint density at radius 3 is 2.28 bits per heavy atom. The van der Waals surface area contributed by atoms with Gasteiger partial charge in [-0.15, -0.1) is 0 Å². The summed E-state index contributed by atoms with van der Waals surface area (Å²) in [6.45, 7) is 4.03. The lowest BCUT2D eigenvalue weighted by Crippen LogP contribution is -2.24. The van der Waals surface area contributed by atoms with E-state index in [4.69, 9.17) is 21.1 Å². The van der Waals surface area contributed by atoms with Crippen molar-refractivity contribution in [3.8, 4) is 11.5 Å². The van der Waals surface area contributed by atoms with Gasteiger partial charge in [0.15, 0.2) is 11.5 Å². The van der Waals surface area contributed by atoms with E-state index in [1.165, 1.54) is 0 Å². The predicted octanol–water partition coefficient (Wildman–Crippen LogP) is 3.76. The number of hydrogen-bond donors (Lipinski definition) is 1.